The van der Waals surface area contributed by atoms with Crippen LogP contribution >= 0.6 is 0 Å². The van der Waals surface area contributed by atoms with Gasteiger partial charge in [0.15, 0.2) is 0 Å². The molecule has 0 amide bonds. The van der Waals surface area contributed by atoms with Crippen molar-refractivity contribution in [2.45, 2.75) is 13.3 Å². The van der Waals surface area contributed by atoms with Crippen LogP contribution in [0.5, 0.6) is 0 Å². The molecule has 0 unspecified atom stereocenters. The molecule has 0 aliphatic rings. The lowest BCUT2D eigenvalue weighted by Gasteiger charge is -1.99. The van der Waals surface area contributed by atoms with Crippen LogP contribution in [0.3, 0.4) is 0 Å². The second-order valence-corrected chi connectivity index (χ2v) is 3.29. The van der Waals surface area contributed by atoms with E-state index in [1.54, 1.807) is 12.1 Å². The maximum absolute atomic E-state index is 11.2. The van der Waals surface area contributed by atoms with Gasteiger partial charge in [-0.2, -0.15) is 5.26 Å². The molecule has 2 aromatic rings. The van der Waals surface area contributed by atoms with Crippen LogP contribution in [0.4, 0.5) is 0 Å². The third-order valence-electron chi connectivity index (χ3n) is 2.33. The Morgan fingerprint density at radius 1 is 1.40 bits per heavy atom. The lowest BCUT2D eigenvalue weighted by Crippen LogP contribution is -2.03. The fraction of sp³-hybridized carbons (Fsp3) is 0.167. The standard InChI is InChI=1S/C12H9NO2/c1-2-8-3-4-11-9(5-8)6-10(7-13)12(14)15-11/h3-6H,2H2,1H3. The van der Waals surface area contributed by atoms with E-state index in [-0.39, 0.29) is 5.56 Å². The van der Waals surface area contributed by atoms with Crippen molar-refractivity contribution in [3.63, 3.8) is 0 Å². The SMILES string of the molecule is CCc1ccc2oc(=O)c(C#N)cc2c1. The van der Waals surface area contributed by atoms with Gasteiger partial charge in [0, 0.05) is 5.39 Å². The van der Waals surface area contributed by atoms with Gasteiger partial charge in [0.05, 0.1) is 0 Å². The van der Waals surface area contributed by atoms with E-state index in [2.05, 4.69) is 0 Å². The number of nitrogens with zero attached hydrogens (tertiary/aromatic N) is 1. The van der Waals surface area contributed by atoms with Crippen molar-refractivity contribution in [2.24, 2.45) is 0 Å². The predicted octanol–water partition coefficient (Wildman–Crippen LogP) is 2.23. The highest BCUT2D eigenvalue weighted by Crippen LogP contribution is 2.15. The summed E-state index contributed by atoms with van der Waals surface area (Å²) in [6.45, 7) is 2.05. The summed E-state index contributed by atoms with van der Waals surface area (Å²) >= 11 is 0. The van der Waals surface area contributed by atoms with Gasteiger partial charge in [-0.15, -0.1) is 0 Å². The van der Waals surface area contributed by atoms with Gasteiger partial charge in [0.1, 0.15) is 17.2 Å². The van der Waals surface area contributed by atoms with Crippen LogP contribution in [0, 0.1) is 11.3 Å². The first-order chi connectivity index (χ1) is 7.24. The number of hydrogen-bond donors (Lipinski definition) is 0. The summed E-state index contributed by atoms with van der Waals surface area (Å²) in [5.74, 6) is 0. The summed E-state index contributed by atoms with van der Waals surface area (Å²) < 4.78 is 5.01. The van der Waals surface area contributed by atoms with Crippen molar-refractivity contribution in [3.8, 4) is 6.07 Å². The van der Waals surface area contributed by atoms with Crippen LogP contribution in [0.15, 0.2) is 33.5 Å². The van der Waals surface area contributed by atoms with E-state index in [0.717, 1.165) is 17.4 Å². The molecule has 0 bridgehead atoms. The first kappa shape index (κ1) is 9.47. The van der Waals surface area contributed by atoms with E-state index in [9.17, 15) is 4.79 Å². The minimum atomic E-state index is -0.575. The summed E-state index contributed by atoms with van der Waals surface area (Å²) in [5.41, 5.74) is 1.15. The molecule has 3 heteroatoms. The number of fused-ring (bicyclic) bond motifs is 1. The van der Waals surface area contributed by atoms with Gasteiger partial charge < -0.3 is 4.42 Å². The molecule has 0 fully saturated rings. The second-order valence-electron chi connectivity index (χ2n) is 3.29. The van der Waals surface area contributed by atoms with Crippen molar-refractivity contribution in [1.82, 2.24) is 0 Å². The van der Waals surface area contributed by atoms with Gasteiger partial charge in [0.2, 0.25) is 0 Å². The van der Waals surface area contributed by atoms with E-state index in [4.69, 9.17) is 9.68 Å². The number of nitriles is 1. The number of rotatable bonds is 1. The zero-order valence-electron chi connectivity index (χ0n) is 8.28. The minimum absolute atomic E-state index is 0.0516. The molecule has 1 aromatic carbocycles. The largest absolute Gasteiger partial charge is 0.422 e. The number of benzene rings is 1. The van der Waals surface area contributed by atoms with Crippen molar-refractivity contribution < 1.29 is 4.42 Å². The smallest absolute Gasteiger partial charge is 0.354 e. The Morgan fingerprint density at radius 3 is 2.87 bits per heavy atom. The lowest BCUT2D eigenvalue weighted by molar-refractivity contribution is 0.558. The zero-order chi connectivity index (χ0) is 10.8. The molecule has 15 heavy (non-hydrogen) atoms. The Bertz CT molecular complexity index is 605. The molecule has 74 valence electrons. The molecular weight excluding hydrogens is 190 g/mol. The first-order valence-electron chi connectivity index (χ1n) is 4.71. The van der Waals surface area contributed by atoms with E-state index < -0.39 is 5.63 Å². The maximum atomic E-state index is 11.2. The highest BCUT2D eigenvalue weighted by Gasteiger charge is 2.04. The monoisotopic (exact) mass is 199 g/mol. The van der Waals surface area contributed by atoms with Crippen molar-refractivity contribution in [3.05, 3.63) is 45.8 Å². The molecule has 0 spiro atoms. The first-order valence-corrected chi connectivity index (χ1v) is 4.71. The van der Waals surface area contributed by atoms with Crippen molar-refractivity contribution >= 4 is 11.0 Å². The van der Waals surface area contributed by atoms with E-state index >= 15 is 0 Å². The zero-order valence-corrected chi connectivity index (χ0v) is 8.28. The van der Waals surface area contributed by atoms with Gasteiger partial charge in [0.25, 0.3) is 0 Å². The van der Waals surface area contributed by atoms with Crippen molar-refractivity contribution in [1.29, 1.82) is 5.26 Å². The summed E-state index contributed by atoms with van der Waals surface area (Å²) in [4.78, 5) is 11.2. The summed E-state index contributed by atoms with van der Waals surface area (Å²) in [7, 11) is 0. The number of hydrogen-bond acceptors (Lipinski definition) is 3. The Labute approximate surface area is 86.6 Å². The highest BCUT2D eigenvalue weighted by atomic mass is 16.4. The molecule has 0 aliphatic heterocycles. The molecule has 0 N–H and O–H groups in total. The average molecular weight is 199 g/mol. The van der Waals surface area contributed by atoms with Crippen LogP contribution in [-0.2, 0) is 6.42 Å². The van der Waals surface area contributed by atoms with Crippen LogP contribution < -0.4 is 5.63 Å². The Kier molecular flexibility index (Phi) is 2.26. The Balaban J connectivity index is 2.78. The normalized spacial score (nSPS) is 10.1. The Morgan fingerprint density at radius 2 is 2.20 bits per heavy atom. The van der Waals surface area contributed by atoms with Gasteiger partial charge in [-0.3, -0.25) is 0 Å². The fourth-order valence-corrected chi connectivity index (χ4v) is 1.47. The van der Waals surface area contributed by atoms with Gasteiger partial charge in [-0.25, -0.2) is 4.79 Å². The molecule has 3 nitrogen and oxygen atoms in total. The second kappa shape index (κ2) is 3.58. The average Bonchev–Trinajstić information content (AvgIpc) is 2.27. The topological polar surface area (TPSA) is 54.0 Å². The van der Waals surface area contributed by atoms with Crippen LogP contribution in [0.1, 0.15) is 18.1 Å². The van der Waals surface area contributed by atoms with Gasteiger partial charge in [-0.05, 0) is 30.2 Å². The molecule has 0 saturated heterocycles. The van der Waals surface area contributed by atoms with E-state index in [0.29, 0.717) is 5.58 Å². The number of aryl methyl sites for hydroxylation is 1. The van der Waals surface area contributed by atoms with E-state index in [1.165, 1.54) is 0 Å². The summed E-state index contributed by atoms with van der Waals surface area (Å²) in [5, 5.41) is 9.49. The van der Waals surface area contributed by atoms with Crippen LogP contribution in [0.2, 0.25) is 0 Å². The van der Waals surface area contributed by atoms with Gasteiger partial charge >= 0.3 is 5.63 Å². The molecule has 0 saturated carbocycles. The minimum Gasteiger partial charge on any atom is -0.422 e. The van der Waals surface area contributed by atoms with Gasteiger partial charge in [-0.1, -0.05) is 13.0 Å². The lowest BCUT2D eigenvalue weighted by atomic mass is 10.1. The fourth-order valence-electron chi connectivity index (χ4n) is 1.47. The summed E-state index contributed by atoms with van der Waals surface area (Å²) in [6.07, 6.45) is 0.914. The Hall–Kier alpha value is -2.08. The predicted molar refractivity (Wildman–Crippen MR) is 56.6 cm³/mol. The van der Waals surface area contributed by atoms with Crippen molar-refractivity contribution in [2.75, 3.05) is 0 Å². The maximum Gasteiger partial charge on any atom is 0.354 e. The third-order valence-corrected chi connectivity index (χ3v) is 2.33. The molecule has 0 radical (unpaired) electrons. The highest BCUT2D eigenvalue weighted by molar-refractivity contribution is 5.78. The van der Waals surface area contributed by atoms with Crippen LogP contribution in [0.25, 0.3) is 11.0 Å². The van der Waals surface area contributed by atoms with E-state index in [1.807, 2.05) is 25.1 Å². The molecular formula is C12H9NO2. The molecule has 1 aromatic heterocycles. The molecule has 1 heterocycles. The van der Waals surface area contributed by atoms with Crippen LogP contribution in [-0.4, -0.2) is 0 Å². The third kappa shape index (κ3) is 1.62. The molecule has 2 rings (SSSR count). The molecule has 0 atom stereocenters. The quantitative estimate of drug-likeness (QED) is 0.662. The molecule has 0 aliphatic carbocycles. The summed E-state index contributed by atoms with van der Waals surface area (Å²) in [6, 6.07) is 8.99.